The van der Waals surface area contributed by atoms with Crippen molar-refractivity contribution in [2.75, 3.05) is 0 Å². The number of nitro groups is 1. The van der Waals surface area contributed by atoms with Crippen molar-refractivity contribution in [2.24, 2.45) is 9.98 Å². The number of amidine groups is 1. The molecule has 0 saturated carbocycles. The maximum absolute atomic E-state index is 10.5. The first kappa shape index (κ1) is 24.0. The van der Waals surface area contributed by atoms with Gasteiger partial charge in [0, 0.05) is 6.58 Å². The highest BCUT2D eigenvalue weighted by Gasteiger charge is 2.08. The highest BCUT2D eigenvalue weighted by molar-refractivity contribution is 5.97. The molecule has 0 aromatic heterocycles. The summed E-state index contributed by atoms with van der Waals surface area (Å²) in [6.45, 7) is 22.4. The average molecular weight is 371 g/mol. The van der Waals surface area contributed by atoms with Gasteiger partial charge in [-0.1, -0.05) is 32.1 Å². The first-order valence-corrected chi connectivity index (χ1v) is 8.59. The van der Waals surface area contributed by atoms with Gasteiger partial charge in [-0.05, 0) is 69.7 Å². The lowest BCUT2D eigenvalue weighted by Crippen LogP contribution is -2.00. The Balaban J connectivity index is 5.60. The van der Waals surface area contributed by atoms with Crippen LogP contribution in [0.25, 0.3) is 0 Å². The fourth-order valence-electron chi connectivity index (χ4n) is 1.89. The molecule has 0 radical (unpaired) electrons. The zero-order chi connectivity index (χ0) is 21.0. The van der Waals surface area contributed by atoms with Crippen molar-refractivity contribution >= 4 is 12.6 Å². The first-order valence-electron chi connectivity index (χ1n) is 8.59. The number of aliphatic imine (C=N–C) groups is 2. The summed E-state index contributed by atoms with van der Waals surface area (Å²) in [4.78, 5) is 18.1. The predicted molar refractivity (Wildman–Crippen MR) is 113 cm³/mol. The van der Waals surface area contributed by atoms with E-state index in [2.05, 4.69) is 57.2 Å². The third-order valence-electron chi connectivity index (χ3n) is 3.46. The van der Waals surface area contributed by atoms with E-state index in [4.69, 9.17) is 4.74 Å². The monoisotopic (exact) mass is 371 g/mol. The van der Waals surface area contributed by atoms with Crippen LogP contribution in [0.1, 0.15) is 47.0 Å². The summed E-state index contributed by atoms with van der Waals surface area (Å²) in [5.74, 6) is -0.257. The Bertz CT molecular complexity index is 734. The van der Waals surface area contributed by atoms with E-state index in [0.717, 1.165) is 24.8 Å². The fraction of sp³-hybridized carbons (Fsp3) is 0.333. The topological polar surface area (TPSA) is 77.1 Å². The number of nitrogens with zero attached hydrogens (tertiary/aromatic N) is 3. The SMILES string of the molecule is C=NC(/C=C/C(=C)OC(=C)[N+](=O)[O-])=N\C(=C\C(CCCC)=C(C)C)C(=C)C. The molecule has 0 rings (SSSR count). The fourth-order valence-corrected chi connectivity index (χ4v) is 1.89. The molecule has 0 amide bonds. The maximum Gasteiger partial charge on any atom is 0.426 e. The van der Waals surface area contributed by atoms with Crippen LogP contribution in [0.15, 0.2) is 82.0 Å². The second-order valence-electron chi connectivity index (χ2n) is 6.12. The molecule has 0 fully saturated rings. The molecule has 0 spiro atoms. The number of hydrogen-bond donors (Lipinski definition) is 0. The van der Waals surface area contributed by atoms with Crippen molar-refractivity contribution in [1.82, 2.24) is 0 Å². The Morgan fingerprint density at radius 1 is 1.19 bits per heavy atom. The molecule has 0 aromatic carbocycles. The van der Waals surface area contributed by atoms with E-state index in [1.54, 1.807) is 0 Å². The molecule has 0 atom stereocenters. The van der Waals surface area contributed by atoms with Gasteiger partial charge in [0.05, 0.1) is 5.70 Å². The van der Waals surface area contributed by atoms with E-state index >= 15 is 0 Å². The second kappa shape index (κ2) is 12.4. The second-order valence-corrected chi connectivity index (χ2v) is 6.12. The van der Waals surface area contributed by atoms with Crippen LogP contribution in [-0.2, 0) is 4.74 Å². The van der Waals surface area contributed by atoms with Crippen LogP contribution >= 0.6 is 0 Å². The number of ether oxygens (including phenoxy) is 1. The van der Waals surface area contributed by atoms with Gasteiger partial charge in [0.25, 0.3) is 0 Å². The van der Waals surface area contributed by atoms with Gasteiger partial charge in [0.2, 0.25) is 0 Å². The van der Waals surface area contributed by atoms with E-state index in [9.17, 15) is 10.1 Å². The summed E-state index contributed by atoms with van der Waals surface area (Å²) < 4.78 is 4.87. The van der Waals surface area contributed by atoms with Crippen molar-refractivity contribution in [3.05, 3.63) is 82.1 Å². The van der Waals surface area contributed by atoms with Crippen LogP contribution in [0.2, 0.25) is 0 Å². The first-order chi connectivity index (χ1) is 12.6. The molecule has 6 nitrogen and oxygen atoms in total. The third kappa shape index (κ3) is 9.89. The molecular weight excluding hydrogens is 342 g/mol. The van der Waals surface area contributed by atoms with E-state index in [-0.39, 0.29) is 5.76 Å². The molecule has 0 bridgehead atoms. The Labute approximate surface area is 161 Å². The van der Waals surface area contributed by atoms with E-state index in [1.165, 1.54) is 23.3 Å². The molecule has 27 heavy (non-hydrogen) atoms. The van der Waals surface area contributed by atoms with Crippen molar-refractivity contribution in [3.63, 3.8) is 0 Å². The van der Waals surface area contributed by atoms with Crippen LogP contribution in [0.3, 0.4) is 0 Å². The molecule has 0 N–H and O–H groups in total. The normalized spacial score (nSPS) is 11.9. The largest absolute Gasteiger partial charge is 0.426 e. The van der Waals surface area contributed by atoms with Gasteiger partial charge in [-0.3, -0.25) is 10.1 Å². The van der Waals surface area contributed by atoms with Crippen molar-refractivity contribution in [1.29, 1.82) is 0 Å². The summed E-state index contributed by atoms with van der Waals surface area (Å²) in [5.41, 5.74) is 3.91. The molecule has 0 heterocycles. The van der Waals surface area contributed by atoms with Crippen molar-refractivity contribution < 1.29 is 9.66 Å². The zero-order valence-electron chi connectivity index (χ0n) is 16.7. The average Bonchev–Trinajstić information content (AvgIpc) is 2.59. The summed E-state index contributed by atoms with van der Waals surface area (Å²) >= 11 is 0. The highest BCUT2D eigenvalue weighted by Crippen LogP contribution is 2.20. The van der Waals surface area contributed by atoms with Crippen molar-refractivity contribution in [2.45, 2.75) is 47.0 Å². The minimum atomic E-state index is -0.737. The third-order valence-corrected chi connectivity index (χ3v) is 3.46. The van der Waals surface area contributed by atoms with Gasteiger partial charge in [-0.2, -0.15) is 0 Å². The number of allylic oxidation sites excluding steroid dienone is 5. The van der Waals surface area contributed by atoms with Gasteiger partial charge in [0.15, 0.2) is 5.84 Å². The van der Waals surface area contributed by atoms with Gasteiger partial charge >= 0.3 is 5.88 Å². The minimum Gasteiger partial charge on any atom is -0.402 e. The van der Waals surface area contributed by atoms with Crippen LogP contribution in [-0.4, -0.2) is 17.5 Å². The van der Waals surface area contributed by atoms with Gasteiger partial charge < -0.3 is 4.74 Å². The molecule has 0 saturated heterocycles. The van der Waals surface area contributed by atoms with E-state index in [1.807, 2.05) is 13.0 Å². The summed E-state index contributed by atoms with van der Waals surface area (Å²) in [5, 5.41) is 10.5. The smallest absolute Gasteiger partial charge is 0.402 e. The zero-order valence-corrected chi connectivity index (χ0v) is 16.7. The molecule has 146 valence electrons. The Morgan fingerprint density at radius 2 is 1.81 bits per heavy atom. The van der Waals surface area contributed by atoms with Gasteiger partial charge in [0.1, 0.15) is 10.7 Å². The van der Waals surface area contributed by atoms with Crippen LogP contribution in [0.4, 0.5) is 0 Å². The number of unbranched alkanes of at least 4 members (excludes halogenated alkanes) is 1. The lowest BCUT2D eigenvalue weighted by Gasteiger charge is -2.08. The molecule has 0 aliphatic rings. The van der Waals surface area contributed by atoms with Crippen molar-refractivity contribution in [3.8, 4) is 0 Å². The molecule has 6 heteroatoms. The summed E-state index contributed by atoms with van der Waals surface area (Å²) in [7, 11) is 0. The van der Waals surface area contributed by atoms with Crippen LogP contribution in [0.5, 0.6) is 0 Å². The minimum absolute atomic E-state index is 0.0434. The maximum atomic E-state index is 10.5. The van der Waals surface area contributed by atoms with Crippen LogP contribution in [0, 0.1) is 10.1 Å². The standard InChI is InChI=1S/C21H29N3O3/c1-9-10-11-19(15(2)3)14-20(16(4)5)23-21(22-8)13-12-17(6)27-18(7)24(25)26/h12-14H,4,6-11H2,1-3,5H3/b13-12+,20-14+,23-21-. The van der Waals surface area contributed by atoms with Gasteiger partial charge in [-0.15, -0.1) is 0 Å². The van der Waals surface area contributed by atoms with Crippen LogP contribution < -0.4 is 0 Å². The summed E-state index contributed by atoms with van der Waals surface area (Å²) in [6, 6.07) is 0. The molecule has 0 aliphatic carbocycles. The van der Waals surface area contributed by atoms with Gasteiger partial charge in [-0.25, -0.2) is 9.98 Å². The Morgan fingerprint density at radius 3 is 2.26 bits per heavy atom. The highest BCUT2D eigenvalue weighted by atomic mass is 16.7. The lowest BCUT2D eigenvalue weighted by atomic mass is 10.0. The Hall–Kier alpha value is -3.02. The molecule has 0 unspecified atom stereocenters. The summed E-state index contributed by atoms with van der Waals surface area (Å²) in [6.07, 6.45) is 8.09. The Kier molecular flexibility index (Phi) is 11.0. The lowest BCUT2D eigenvalue weighted by molar-refractivity contribution is -0.458. The predicted octanol–water partition coefficient (Wildman–Crippen LogP) is 5.91. The molecule has 0 aromatic rings. The molecule has 0 aliphatic heterocycles. The van der Waals surface area contributed by atoms with E-state index < -0.39 is 10.8 Å². The molecular formula is C21H29N3O3. The number of hydrogen-bond acceptors (Lipinski definition) is 4. The number of rotatable bonds is 11. The van der Waals surface area contributed by atoms with E-state index in [0.29, 0.717) is 11.5 Å². The quantitative estimate of drug-likeness (QED) is 0.113.